The fraction of sp³-hybridized carbons (Fsp3) is 0.130. The van der Waals surface area contributed by atoms with Gasteiger partial charge in [0.1, 0.15) is 4.75 Å². The molecule has 0 radical (unpaired) electrons. The Morgan fingerprint density at radius 3 is 2.69 bits per heavy atom. The van der Waals surface area contributed by atoms with Gasteiger partial charge in [0.15, 0.2) is 5.76 Å². The summed E-state index contributed by atoms with van der Waals surface area (Å²) in [5.41, 5.74) is 2.74. The van der Waals surface area contributed by atoms with Crippen LogP contribution < -0.4 is 5.32 Å². The maximum Gasteiger partial charge on any atom is 0.246 e. The van der Waals surface area contributed by atoms with Gasteiger partial charge in [0.25, 0.3) is 0 Å². The standard InChI is InChI=1S/C23H16BrNO3S/c24-16-8-4-9-17-20(16)23(22(27)25-17)15(14-6-2-1-3-7-14)11-12-19(29-23)21(26)18-10-5-13-28-18/h1-10,12-13,15H,11H2,(H,25,27)/t15-,23-/m0/s1. The molecule has 2 atom stereocenters. The molecule has 0 saturated carbocycles. The van der Waals surface area contributed by atoms with Crippen molar-refractivity contribution in [3.8, 4) is 0 Å². The van der Waals surface area contributed by atoms with Crippen molar-refractivity contribution in [1.29, 1.82) is 0 Å². The van der Waals surface area contributed by atoms with Gasteiger partial charge in [-0.2, -0.15) is 0 Å². The summed E-state index contributed by atoms with van der Waals surface area (Å²) in [6.07, 6.45) is 3.99. The molecule has 2 aliphatic heterocycles. The Balaban J connectivity index is 1.69. The second-order valence-electron chi connectivity index (χ2n) is 7.03. The number of halogens is 1. The van der Waals surface area contributed by atoms with Gasteiger partial charge in [0.05, 0.1) is 11.2 Å². The molecule has 2 aliphatic rings. The molecule has 6 heteroatoms. The molecule has 0 saturated heterocycles. The number of fused-ring (bicyclic) bond motifs is 2. The maximum absolute atomic E-state index is 13.5. The number of rotatable bonds is 3. The highest BCUT2D eigenvalue weighted by Gasteiger charge is 2.56. The first-order chi connectivity index (χ1) is 14.1. The lowest BCUT2D eigenvalue weighted by molar-refractivity contribution is -0.118. The molecule has 1 spiro atoms. The normalized spacial score (nSPS) is 22.9. The highest BCUT2D eigenvalue weighted by Crippen LogP contribution is 2.61. The van der Waals surface area contributed by atoms with Crippen molar-refractivity contribution in [2.24, 2.45) is 0 Å². The Kier molecular flexibility index (Phi) is 4.48. The van der Waals surface area contributed by atoms with E-state index in [9.17, 15) is 9.59 Å². The average molecular weight is 466 g/mol. The quantitative estimate of drug-likeness (QED) is 0.490. The molecule has 29 heavy (non-hydrogen) atoms. The van der Waals surface area contributed by atoms with Crippen molar-refractivity contribution in [3.05, 3.63) is 99.3 Å². The predicted octanol–water partition coefficient (Wildman–Crippen LogP) is 5.88. The molecule has 0 bridgehead atoms. The molecule has 144 valence electrons. The van der Waals surface area contributed by atoms with Crippen LogP contribution in [0.5, 0.6) is 0 Å². The SMILES string of the molecule is O=C(C1=CC[C@@H](c2ccccc2)[C@@]2(S1)C(=O)Nc1cccc(Br)c12)c1ccco1. The molecule has 1 amide bonds. The van der Waals surface area contributed by atoms with E-state index in [1.165, 1.54) is 18.0 Å². The smallest absolute Gasteiger partial charge is 0.246 e. The van der Waals surface area contributed by atoms with E-state index < -0.39 is 4.75 Å². The fourth-order valence-electron chi connectivity index (χ4n) is 4.17. The number of ketones is 1. The number of furan rings is 1. The molecule has 4 nitrogen and oxygen atoms in total. The molecule has 0 fully saturated rings. The van der Waals surface area contributed by atoms with Crippen molar-refractivity contribution in [2.45, 2.75) is 17.1 Å². The van der Waals surface area contributed by atoms with E-state index in [1.54, 1.807) is 12.1 Å². The first kappa shape index (κ1) is 18.5. The van der Waals surface area contributed by atoms with Gasteiger partial charge in [-0.25, -0.2) is 0 Å². The second-order valence-corrected chi connectivity index (χ2v) is 9.17. The Hall–Kier alpha value is -2.57. The number of carbonyl (C=O) groups excluding carboxylic acids is 2. The van der Waals surface area contributed by atoms with Crippen molar-refractivity contribution in [3.63, 3.8) is 0 Å². The Morgan fingerprint density at radius 2 is 1.93 bits per heavy atom. The first-order valence-corrected chi connectivity index (χ1v) is 10.8. The minimum absolute atomic E-state index is 0.101. The number of Topliss-reactive ketones (excluding diaryl/α,β-unsaturated/α-hetero) is 1. The molecule has 0 aliphatic carbocycles. The van der Waals surface area contributed by atoms with E-state index in [4.69, 9.17) is 4.42 Å². The lowest BCUT2D eigenvalue weighted by atomic mass is 9.78. The minimum atomic E-state index is -0.941. The lowest BCUT2D eigenvalue weighted by Crippen LogP contribution is -2.40. The molecule has 5 rings (SSSR count). The topological polar surface area (TPSA) is 59.3 Å². The van der Waals surface area contributed by atoms with Crippen LogP contribution in [-0.2, 0) is 9.54 Å². The van der Waals surface area contributed by atoms with E-state index in [-0.39, 0.29) is 23.4 Å². The number of anilines is 1. The fourth-order valence-corrected chi connectivity index (χ4v) is 6.54. The third kappa shape index (κ3) is 2.81. The Labute approximate surface area is 180 Å². The molecule has 1 aromatic heterocycles. The summed E-state index contributed by atoms with van der Waals surface area (Å²) < 4.78 is 5.23. The predicted molar refractivity (Wildman–Crippen MR) is 117 cm³/mol. The summed E-state index contributed by atoms with van der Waals surface area (Å²) in [5.74, 6) is -0.125. The zero-order valence-electron chi connectivity index (χ0n) is 15.2. The van der Waals surface area contributed by atoms with Gasteiger partial charge in [-0.05, 0) is 36.2 Å². The first-order valence-electron chi connectivity index (χ1n) is 9.24. The van der Waals surface area contributed by atoms with Gasteiger partial charge in [-0.3, -0.25) is 9.59 Å². The molecule has 1 N–H and O–H groups in total. The van der Waals surface area contributed by atoms with Gasteiger partial charge >= 0.3 is 0 Å². The third-order valence-electron chi connectivity index (χ3n) is 5.44. The van der Waals surface area contributed by atoms with Crippen molar-refractivity contribution >= 4 is 45.1 Å². The number of amides is 1. The molecule has 2 aromatic carbocycles. The van der Waals surface area contributed by atoms with Crippen LogP contribution >= 0.6 is 27.7 Å². The summed E-state index contributed by atoms with van der Waals surface area (Å²) in [6.45, 7) is 0. The van der Waals surface area contributed by atoms with Crippen molar-refractivity contribution in [1.82, 2.24) is 0 Å². The third-order valence-corrected chi connectivity index (χ3v) is 7.67. The van der Waals surface area contributed by atoms with E-state index in [0.717, 1.165) is 21.3 Å². The molecule has 3 heterocycles. The summed E-state index contributed by atoms with van der Waals surface area (Å²) >= 11 is 4.98. The zero-order chi connectivity index (χ0) is 20.0. The van der Waals surface area contributed by atoms with Crippen LogP contribution in [0.15, 0.2) is 86.8 Å². The highest BCUT2D eigenvalue weighted by molar-refractivity contribution is 9.10. The number of benzene rings is 2. The number of nitrogens with one attached hydrogen (secondary N) is 1. The number of allylic oxidation sites excluding steroid dienone is 2. The van der Waals surface area contributed by atoms with Crippen LogP contribution in [0, 0.1) is 0 Å². The van der Waals surface area contributed by atoms with E-state index in [0.29, 0.717) is 11.3 Å². The summed E-state index contributed by atoms with van der Waals surface area (Å²) in [5, 5.41) is 3.04. The van der Waals surface area contributed by atoms with Crippen LogP contribution in [-0.4, -0.2) is 11.7 Å². The highest BCUT2D eigenvalue weighted by atomic mass is 79.9. The summed E-state index contributed by atoms with van der Waals surface area (Å²) in [4.78, 5) is 27.0. The second kappa shape index (κ2) is 7.04. The van der Waals surface area contributed by atoms with Crippen LogP contribution in [0.25, 0.3) is 0 Å². The Bertz CT molecular complexity index is 1140. The van der Waals surface area contributed by atoms with Crippen LogP contribution in [0.3, 0.4) is 0 Å². The van der Waals surface area contributed by atoms with Gasteiger partial charge in [0.2, 0.25) is 11.7 Å². The molecular weight excluding hydrogens is 450 g/mol. The van der Waals surface area contributed by atoms with Crippen LogP contribution in [0.2, 0.25) is 0 Å². The number of hydrogen-bond donors (Lipinski definition) is 1. The monoisotopic (exact) mass is 465 g/mol. The lowest BCUT2D eigenvalue weighted by Gasteiger charge is -2.39. The van der Waals surface area contributed by atoms with Gasteiger partial charge in [0, 0.05) is 21.6 Å². The van der Waals surface area contributed by atoms with Gasteiger partial charge < -0.3 is 9.73 Å². The summed E-state index contributed by atoms with van der Waals surface area (Å²) in [6, 6.07) is 19.1. The van der Waals surface area contributed by atoms with Gasteiger partial charge in [-0.1, -0.05) is 70.2 Å². The number of carbonyl (C=O) groups is 2. The largest absolute Gasteiger partial charge is 0.461 e. The summed E-state index contributed by atoms with van der Waals surface area (Å²) in [7, 11) is 0. The molecule has 3 aromatic rings. The zero-order valence-corrected chi connectivity index (χ0v) is 17.6. The number of thioether (sulfide) groups is 1. The number of hydrogen-bond acceptors (Lipinski definition) is 4. The van der Waals surface area contributed by atoms with Crippen LogP contribution in [0.4, 0.5) is 5.69 Å². The Morgan fingerprint density at radius 1 is 1.10 bits per heavy atom. The van der Waals surface area contributed by atoms with Gasteiger partial charge in [-0.15, -0.1) is 0 Å². The minimum Gasteiger partial charge on any atom is -0.461 e. The van der Waals surface area contributed by atoms with E-state index in [2.05, 4.69) is 21.2 Å². The maximum atomic E-state index is 13.5. The average Bonchev–Trinajstić information content (AvgIpc) is 3.36. The van der Waals surface area contributed by atoms with E-state index in [1.807, 2.05) is 54.6 Å². The molecule has 0 unspecified atom stereocenters. The van der Waals surface area contributed by atoms with Crippen molar-refractivity contribution < 1.29 is 14.0 Å². The van der Waals surface area contributed by atoms with Crippen molar-refractivity contribution in [2.75, 3.05) is 5.32 Å². The molecular formula is C23H16BrNO3S. The van der Waals surface area contributed by atoms with E-state index >= 15 is 0 Å². The van der Waals surface area contributed by atoms with Crippen LogP contribution in [0.1, 0.15) is 34.0 Å².